The topological polar surface area (TPSA) is 67.8 Å². The second-order valence-electron chi connectivity index (χ2n) is 3.71. The first-order valence-electron chi connectivity index (χ1n) is 4.96. The molecule has 0 amide bonds. The molecular weight excluding hydrogens is 225 g/mol. The van der Waals surface area contributed by atoms with Gasteiger partial charge in [-0.15, -0.1) is 0 Å². The van der Waals surface area contributed by atoms with E-state index in [4.69, 9.17) is 0 Å². The molecule has 0 saturated carbocycles. The van der Waals surface area contributed by atoms with E-state index in [1.807, 2.05) is 0 Å². The third-order valence-corrected chi connectivity index (χ3v) is 2.30. The second-order valence-corrected chi connectivity index (χ2v) is 3.71. The summed E-state index contributed by atoms with van der Waals surface area (Å²) in [6, 6.07) is 1.29. The van der Waals surface area contributed by atoms with Crippen molar-refractivity contribution in [1.82, 2.24) is 14.5 Å². The van der Waals surface area contributed by atoms with Crippen molar-refractivity contribution in [1.29, 1.82) is 0 Å². The van der Waals surface area contributed by atoms with Crippen LogP contribution in [0.2, 0.25) is 0 Å². The van der Waals surface area contributed by atoms with Gasteiger partial charge in [-0.3, -0.25) is 19.3 Å². The number of nitrogens with zero attached hydrogens (tertiary/aromatic N) is 2. The zero-order valence-corrected chi connectivity index (χ0v) is 9.11. The van der Waals surface area contributed by atoms with Crippen LogP contribution in [0.25, 0.3) is 0 Å². The molecular formula is C11H10FN3O2. The van der Waals surface area contributed by atoms with Crippen LogP contribution in [-0.4, -0.2) is 14.5 Å². The molecule has 0 bridgehead atoms. The van der Waals surface area contributed by atoms with E-state index in [0.29, 0.717) is 11.1 Å². The highest BCUT2D eigenvalue weighted by atomic mass is 19.1. The number of nitrogens with one attached hydrogen (secondary N) is 1. The Labute approximate surface area is 95.6 Å². The first-order valence-corrected chi connectivity index (χ1v) is 4.96. The quantitative estimate of drug-likeness (QED) is 0.820. The molecule has 5 nitrogen and oxygen atoms in total. The minimum Gasteiger partial charge on any atom is -0.296 e. The van der Waals surface area contributed by atoms with Crippen molar-refractivity contribution in [3.63, 3.8) is 0 Å². The number of halogens is 1. The SMILES string of the molecule is Cc1cn(Cc2cncc(F)c2)c(=O)[nH]c1=O. The Morgan fingerprint density at radius 1 is 1.41 bits per heavy atom. The van der Waals surface area contributed by atoms with Gasteiger partial charge in [0.15, 0.2) is 0 Å². The highest BCUT2D eigenvalue weighted by Gasteiger charge is 2.02. The van der Waals surface area contributed by atoms with Crippen molar-refractivity contribution in [2.24, 2.45) is 0 Å². The second kappa shape index (κ2) is 4.32. The van der Waals surface area contributed by atoms with Crippen molar-refractivity contribution in [2.45, 2.75) is 13.5 Å². The highest BCUT2D eigenvalue weighted by Crippen LogP contribution is 2.02. The van der Waals surface area contributed by atoms with Gasteiger partial charge in [0.05, 0.1) is 12.7 Å². The molecule has 0 aliphatic heterocycles. The average Bonchev–Trinajstić information content (AvgIpc) is 2.26. The molecule has 88 valence electrons. The molecule has 2 aromatic heterocycles. The van der Waals surface area contributed by atoms with Gasteiger partial charge in [0.25, 0.3) is 5.56 Å². The lowest BCUT2D eigenvalue weighted by atomic mass is 10.3. The number of rotatable bonds is 2. The zero-order chi connectivity index (χ0) is 12.4. The molecule has 17 heavy (non-hydrogen) atoms. The fraction of sp³-hybridized carbons (Fsp3) is 0.182. The predicted octanol–water partition coefficient (Wildman–Crippen LogP) is 0.427. The smallest absolute Gasteiger partial charge is 0.296 e. The lowest BCUT2D eigenvalue weighted by molar-refractivity contribution is 0.614. The Balaban J connectivity index is 2.40. The van der Waals surface area contributed by atoms with Gasteiger partial charge in [0.1, 0.15) is 5.82 Å². The summed E-state index contributed by atoms with van der Waals surface area (Å²) < 4.78 is 14.2. The molecule has 0 atom stereocenters. The molecule has 0 saturated heterocycles. The summed E-state index contributed by atoms with van der Waals surface area (Å²) in [5.41, 5.74) is 0.0426. The molecule has 0 aliphatic rings. The summed E-state index contributed by atoms with van der Waals surface area (Å²) in [6.45, 7) is 1.76. The Bertz CT molecular complexity index is 660. The van der Waals surface area contributed by atoms with Crippen molar-refractivity contribution in [2.75, 3.05) is 0 Å². The Kier molecular flexibility index (Phi) is 2.86. The van der Waals surface area contributed by atoms with E-state index >= 15 is 0 Å². The van der Waals surface area contributed by atoms with Crippen LogP contribution in [0.4, 0.5) is 4.39 Å². The molecule has 2 heterocycles. The summed E-state index contributed by atoms with van der Waals surface area (Å²) in [7, 11) is 0. The van der Waals surface area contributed by atoms with Crippen molar-refractivity contribution in [3.05, 3.63) is 62.4 Å². The van der Waals surface area contributed by atoms with Crippen LogP contribution in [-0.2, 0) is 6.54 Å². The van der Waals surface area contributed by atoms with Gasteiger partial charge < -0.3 is 0 Å². The molecule has 0 spiro atoms. The van der Waals surface area contributed by atoms with Crippen LogP contribution < -0.4 is 11.2 Å². The third kappa shape index (κ3) is 2.47. The molecule has 2 aromatic rings. The minimum atomic E-state index is -0.523. The predicted molar refractivity (Wildman–Crippen MR) is 59.4 cm³/mol. The van der Waals surface area contributed by atoms with E-state index in [1.165, 1.54) is 23.0 Å². The van der Waals surface area contributed by atoms with Gasteiger partial charge in [0.2, 0.25) is 0 Å². The maximum atomic E-state index is 12.9. The maximum absolute atomic E-state index is 12.9. The Hall–Kier alpha value is -2.24. The Morgan fingerprint density at radius 2 is 2.18 bits per heavy atom. The van der Waals surface area contributed by atoms with E-state index in [-0.39, 0.29) is 6.54 Å². The molecule has 6 heteroatoms. The van der Waals surface area contributed by atoms with Crippen molar-refractivity contribution in [3.8, 4) is 0 Å². The summed E-state index contributed by atoms with van der Waals surface area (Å²) in [5, 5.41) is 0. The van der Waals surface area contributed by atoms with Gasteiger partial charge >= 0.3 is 5.69 Å². The summed E-state index contributed by atoms with van der Waals surface area (Å²) in [6.07, 6.45) is 3.99. The number of pyridine rings is 1. The van der Waals surface area contributed by atoms with Gasteiger partial charge in [0, 0.05) is 18.0 Å². The fourth-order valence-electron chi connectivity index (χ4n) is 1.47. The molecule has 0 fully saturated rings. The lowest BCUT2D eigenvalue weighted by Gasteiger charge is -2.05. The number of hydrogen-bond acceptors (Lipinski definition) is 3. The zero-order valence-electron chi connectivity index (χ0n) is 9.11. The maximum Gasteiger partial charge on any atom is 0.328 e. The van der Waals surface area contributed by atoms with Gasteiger partial charge in [-0.25, -0.2) is 9.18 Å². The van der Waals surface area contributed by atoms with Gasteiger partial charge in [-0.05, 0) is 18.6 Å². The van der Waals surface area contributed by atoms with E-state index in [2.05, 4.69) is 9.97 Å². The molecule has 0 radical (unpaired) electrons. The average molecular weight is 235 g/mol. The summed E-state index contributed by atoms with van der Waals surface area (Å²) in [4.78, 5) is 28.5. The summed E-state index contributed by atoms with van der Waals surface area (Å²) >= 11 is 0. The highest BCUT2D eigenvalue weighted by molar-refractivity contribution is 5.11. The number of aromatic nitrogens is 3. The lowest BCUT2D eigenvalue weighted by Crippen LogP contribution is -2.31. The minimum absolute atomic E-state index is 0.168. The summed E-state index contributed by atoms with van der Waals surface area (Å²) in [5.74, 6) is -0.461. The Morgan fingerprint density at radius 3 is 2.88 bits per heavy atom. The molecule has 1 N–H and O–H groups in total. The van der Waals surface area contributed by atoms with Crippen molar-refractivity contribution >= 4 is 0 Å². The van der Waals surface area contributed by atoms with Gasteiger partial charge in [-0.1, -0.05) is 0 Å². The fourth-order valence-corrected chi connectivity index (χ4v) is 1.47. The molecule has 0 unspecified atom stereocenters. The normalized spacial score (nSPS) is 10.5. The number of aryl methyl sites for hydroxylation is 1. The number of hydrogen-bond donors (Lipinski definition) is 1. The number of H-pyrrole nitrogens is 1. The first kappa shape index (κ1) is 11.3. The van der Waals surface area contributed by atoms with Crippen LogP contribution in [0.3, 0.4) is 0 Å². The molecule has 2 rings (SSSR count). The molecule has 0 aromatic carbocycles. The van der Waals surface area contributed by atoms with Crippen LogP contribution in [0.15, 0.2) is 34.2 Å². The first-order chi connectivity index (χ1) is 8.06. The third-order valence-electron chi connectivity index (χ3n) is 2.30. The van der Waals surface area contributed by atoms with E-state index in [1.54, 1.807) is 6.92 Å². The van der Waals surface area contributed by atoms with Crippen LogP contribution >= 0.6 is 0 Å². The van der Waals surface area contributed by atoms with E-state index < -0.39 is 17.1 Å². The van der Waals surface area contributed by atoms with Crippen molar-refractivity contribution < 1.29 is 4.39 Å². The standard InChI is InChI=1S/C11H10FN3O2/c1-7-5-15(11(17)14-10(7)16)6-8-2-9(12)4-13-3-8/h2-5H,6H2,1H3,(H,14,16,17). The number of aromatic amines is 1. The van der Waals surface area contributed by atoms with Crippen LogP contribution in [0, 0.1) is 12.7 Å². The largest absolute Gasteiger partial charge is 0.328 e. The monoisotopic (exact) mass is 235 g/mol. The van der Waals surface area contributed by atoms with E-state index in [9.17, 15) is 14.0 Å². The van der Waals surface area contributed by atoms with Gasteiger partial charge in [-0.2, -0.15) is 0 Å². The van der Waals surface area contributed by atoms with Crippen LogP contribution in [0.1, 0.15) is 11.1 Å². The van der Waals surface area contributed by atoms with Crippen LogP contribution in [0.5, 0.6) is 0 Å². The molecule has 0 aliphatic carbocycles. The van der Waals surface area contributed by atoms with E-state index in [0.717, 1.165) is 6.20 Å².